The average Bonchev–Trinajstić information content (AvgIpc) is 2.83. The van der Waals surface area contributed by atoms with E-state index in [4.69, 9.17) is 27.6 Å². The molecule has 0 bridgehead atoms. The van der Waals surface area contributed by atoms with Crippen LogP contribution in [-0.2, 0) is 0 Å². The standard InChI is InChI=1S/C19H13Cl2NO3/c1-9-7-14-12(8-13(9)21)17(23)15-16(10-3-5-11(20)6-4-10)22(2)19(24)18(15)25-14/h3-8,16H,1-2H3/t16-/m0/s1. The minimum atomic E-state index is -0.513. The number of carbonyl (C=O) groups excluding carboxylic acids is 1. The first-order valence-electron chi connectivity index (χ1n) is 7.68. The van der Waals surface area contributed by atoms with Gasteiger partial charge in [-0.15, -0.1) is 0 Å². The maximum Gasteiger partial charge on any atom is 0.290 e. The van der Waals surface area contributed by atoms with Gasteiger partial charge < -0.3 is 9.32 Å². The molecule has 1 amide bonds. The molecular weight excluding hydrogens is 361 g/mol. The van der Waals surface area contributed by atoms with E-state index in [9.17, 15) is 9.59 Å². The smallest absolute Gasteiger partial charge is 0.290 e. The normalized spacial score (nSPS) is 16.6. The maximum absolute atomic E-state index is 13.1. The lowest BCUT2D eigenvalue weighted by atomic mass is 9.98. The lowest BCUT2D eigenvalue weighted by molar-refractivity contribution is 0.0771. The quantitative estimate of drug-likeness (QED) is 0.626. The highest BCUT2D eigenvalue weighted by atomic mass is 35.5. The van der Waals surface area contributed by atoms with Crippen LogP contribution in [0.15, 0.2) is 45.6 Å². The van der Waals surface area contributed by atoms with Crippen molar-refractivity contribution < 1.29 is 9.21 Å². The maximum atomic E-state index is 13.1. The monoisotopic (exact) mass is 373 g/mol. The number of carbonyl (C=O) groups is 1. The molecule has 0 spiro atoms. The highest BCUT2D eigenvalue weighted by Crippen LogP contribution is 2.37. The van der Waals surface area contributed by atoms with Crippen molar-refractivity contribution in [2.75, 3.05) is 7.05 Å². The number of hydrogen-bond acceptors (Lipinski definition) is 3. The first-order valence-corrected chi connectivity index (χ1v) is 8.43. The first kappa shape index (κ1) is 16.2. The number of halogens is 2. The third kappa shape index (κ3) is 2.36. The van der Waals surface area contributed by atoms with Gasteiger partial charge in [0.15, 0.2) is 5.43 Å². The molecule has 1 aliphatic rings. The highest BCUT2D eigenvalue weighted by Gasteiger charge is 2.40. The number of hydrogen-bond donors (Lipinski definition) is 0. The summed E-state index contributed by atoms with van der Waals surface area (Å²) in [7, 11) is 1.65. The van der Waals surface area contributed by atoms with Gasteiger partial charge in [-0.25, -0.2) is 0 Å². The van der Waals surface area contributed by atoms with Crippen LogP contribution in [0.2, 0.25) is 10.0 Å². The molecule has 3 aromatic rings. The van der Waals surface area contributed by atoms with Crippen molar-refractivity contribution in [2.45, 2.75) is 13.0 Å². The third-order valence-electron chi connectivity index (χ3n) is 4.57. The van der Waals surface area contributed by atoms with Crippen LogP contribution in [0.25, 0.3) is 11.0 Å². The summed E-state index contributed by atoms with van der Waals surface area (Å²) in [4.78, 5) is 27.2. The fourth-order valence-corrected chi connectivity index (χ4v) is 3.53. The Kier molecular flexibility index (Phi) is 3.63. The van der Waals surface area contributed by atoms with E-state index in [1.54, 1.807) is 43.4 Å². The molecule has 0 unspecified atom stereocenters. The van der Waals surface area contributed by atoms with E-state index in [0.29, 0.717) is 26.6 Å². The Balaban J connectivity index is 2.03. The minimum absolute atomic E-state index is 0.0849. The van der Waals surface area contributed by atoms with Crippen LogP contribution in [0.4, 0.5) is 0 Å². The van der Waals surface area contributed by atoms with Crippen molar-refractivity contribution in [3.63, 3.8) is 0 Å². The summed E-state index contributed by atoms with van der Waals surface area (Å²) in [6.07, 6.45) is 0. The second-order valence-electron chi connectivity index (χ2n) is 6.14. The molecule has 6 heteroatoms. The van der Waals surface area contributed by atoms with Crippen LogP contribution < -0.4 is 5.43 Å². The molecule has 1 aliphatic heterocycles. The second-order valence-corrected chi connectivity index (χ2v) is 6.99. The Morgan fingerprint density at radius 1 is 1.08 bits per heavy atom. The van der Waals surface area contributed by atoms with E-state index in [1.807, 2.05) is 6.92 Å². The van der Waals surface area contributed by atoms with Gasteiger partial charge in [0, 0.05) is 17.1 Å². The average molecular weight is 374 g/mol. The summed E-state index contributed by atoms with van der Waals surface area (Å²) in [6, 6.07) is 9.84. The first-order chi connectivity index (χ1) is 11.9. The van der Waals surface area contributed by atoms with Crippen molar-refractivity contribution >= 4 is 40.1 Å². The Bertz CT molecular complexity index is 1090. The van der Waals surface area contributed by atoms with Gasteiger partial charge in [-0.05, 0) is 42.3 Å². The van der Waals surface area contributed by atoms with Crippen molar-refractivity contribution in [2.24, 2.45) is 0 Å². The molecule has 4 nitrogen and oxygen atoms in total. The Morgan fingerprint density at radius 2 is 1.76 bits per heavy atom. The number of aryl methyl sites for hydroxylation is 1. The largest absolute Gasteiger partial charge is 0.450 e. The molecule has 0 N–H and O–H groups in total. The molecule has 2 heterocycles. The van der Waals surface area contributed by atoms with Gasteiger partial charge in [-0.2, -0.15) is 0 Å². The van der Waals surface area contributed by atoms with Crippen LogP contribution in [0.3, 0.4) is 0 Å². The van der Waals surface area contributed by atoms with Gasteiger partial charge in [-0.1, -0.05) is 35.3 Å². The van der Waals surface area contributed by atoms with Crippen molar-refractivity contribution in [1.29, 1.82) is 0 Å². The highest BCUT2D eigenvalue weighted by molar-refractivity contribution is 6.32. The number of fused-ring (bicyclic) bond motifs is 2. The summed E-state index contributed by atoms with van der Waals surface area (Å²) in [6.45, 7) is 1.82. The van der Waals surface area contributed by atoms with Gasteiger partial charge in [-0.3, -0.25) is 9.59 Å². The molecule has 0 fully saturated rings. The fourth-order valence-electron chi connectivity index (χ4n) is 3.24. The van der Waals surface area contributed by atoms with Crippen LogP contribution in [0, 0.1) is 6.92 Å². The zero-order chi connectivity index (χ0) is 17.9. The number of amides is 1. The van der Waals surface area contributed by atoms with Crippen molar-refractivity contribution in [3.8, 4) is 0 Å². The summed E-state index contributed by atoms with van der Waals surface area (Å²) in [5.41, 5.74) is 2.04. The molecule has 25 heavy (non-hydrogen) atoms. The van der Waals surface area contributed by atoms with Gasteiger partial charge >= 0.3 is 0 Å². The lowest BCUT2D eigenvalue weighted by Crippen LogP contribution is -2.25. The van der Waals surface area contributed by atoms with E-state index >= 15 is 0 Å². The summed E-state index contributed by atoms with van der Waals surface area (Å²) >= 11 is 12.1. The van der Waals surface area contributed by atoms with Gasteiger partial charge in [0.25, 0.3) is 5.91 Å². The molecule has 4 rings (SSSR count). The number of rotatable bonds is 1. The Morgan fingerprint density at radius 3 is 2.44 bits per heavy atom. The Hall–Kier alpha value is -2.30. The molecule has 0 saturated carbocycles. The predicted octanol–water partition coefficient (Wildman–Crippen LogP) is 4.58. The van der Waals surface area contributed by atoms with E-state index in [2.05, 4.69) is 0 Å². The van der Waals surface area contributed by atoms with E-state index in [0.717, 1.165) is 11.1 Å². The minimum Gasteiger partial charge on any atom is -0.450 e. The lowest BCUT2D eigenvalue weighted by Gasteiger charge is -2.20. The Labute approximate surface area is 153 Å². The van der Waals surface area contributed by atoms with Gasteiger partial charge in [0.05, 0.1) is 17.0 Å². The van der Waals surface area contributed by atoms with Crippen LogP contribution >= 0.6 is 23.2 Å². The van der Waals surface area contributed by atoms with Gasteiger partial charge in [0.1, 0.15) is 5.58 Å². The van der Waals surface area contributed by atoms with Crippen LogP contribution in [0.5, 0.6) is 0 Å². The van der Waals surface area contributed by atoms with Crippen LogP contribution in [0.1, 0.15) is 33.3 Å². The molecule has 0 radical (unpaired) electrons. The molecular formula is C19H13Cl2NO3. The van der Waals surface area contributed by atoms with E-state index < -0.39 is 6.04 Å². The summed E-state index contributed by atoms with van der Waals surface area (Å²) in [5.74, 6) is -0.233. The summed E-state index contributed by atoms with van der Waals surface area (Å²) < 4.78 is 5.80. The summed E-state index contributed by atoms with van der Waals surface area (Å²) in [5, 5.41) is 1.45. The van der Waals surface area contributed by atoms with Crippen molar-refractivity contribution in [1.82, 2.24) is 4.90 Å². The SMILES string of the molecule is Cc1cc2oc3c(c(=O)c2cc1Cl)[C@H](c1ccc(Cl)cc1)N(C)C3=O. The molecule has 1 atom stereocenters. The van der Waals surface area contributed by atoms with Crippen LogP contribution in [-0.4, -0.2) is 17.9 Å². The molecule has 2 aromatic carbocycles. The van der Waals surface area contributed by atoms with E-state index in [1.165, 1.54) is 4.90 Å². The number of nitrogens with zero attached hydrogens (tertiary/aromatic N) is 1. The number of benzene rings is 2. The third-order valence-corrected chi connectivity index (χ3v) is 5.23. The molecule has 1 aromatic heterocycles. The van der Waals surface area contributed by atoms with E-state index in [-0.39, 0.29) is 17.1 Å². The van der Waals surface area contributed by atoms with Crippen molar-refractivity contribution in [3.05, 3.63) is 79.1 Å². The second kappa shape index (κ2) is 5.61. The van der Waals surface area contributed by atoms with Gasteiger partial charge in [0.2, 0.25) is 5.76 Å². The topological polar surface area (TPSA) is 50.5 Å². The molecule has 0 saturated heterocycles. The molecule has 0 aliphatic carbocycles. The molecule has 126 valence electrons. The fraction of sp³-hybridized carbons (Fsp3) is 0.158. The zero-order valence-electron chi connectivity index (χ0n) is 13.5. The predicted molar refractivity (Wildman–Crippen MR) is 97.6 cm³/mol. The zero-order valence-corrected chi connectivity index (χ0v) is 15.0.